The Morgan fingerprint density at radius 1 is 1.29 bits per heavy atom. The van der Waals surface area contributed by atoms with Crippen molar-refractivity contribution >= 4 is 10.9 Å². The van der Waals surface area contributed by atoms with E-state index in [9.17, 15) is 0 Å². The van der Waals surface area contributed by atoms with Gasteiger partial charge < -0.3 is 5.73 Å². The average Bonchev–Trinajstić information content (AvgIpc) is 2.96. The van der Waals surface area contributed by atoms with Gasteiger partial charge in [-0.2, -0.15) is 5.10 Å². The molecule has 3 heteroatoms. The summed E-state index contributed by atoms with van der Waals surface area (Å²) in [4.78, 5) is 0. The number of nitrogens with two attached hydrogens (primary N) is 1. The molecule has 3 nitrogen and oxygen atoms in total. The maximum absolute atomic E-state index is 5.62. The molecular formula is C14H19N3. The van der Waals surface area contributed by atoms with E-state index < -0.39 is 0 Å². The van der Waals surface area contributed by atoms with E-state index in [4.69, 9.17) is 5.73 Å². The number of H-pyrrole nitrogens is 1. The van der Waals surface area contributed by atoms with Crippen LogP contribution >= 0.6 is 0 Å². The third-order valence-electron chi connectivity index (χ3n) is 3.84. The molecule has 3 N–H and O–H groups in total. The minimum absolute atomic E-state index is 0.688. The van der Waals surface area contributed by atoms with E-state index in [1.165, 1.54) is 42.3 Å². The van der Waals surface area contributed by atoms with Gasteiger partial charge in [0.05, 0.1) is 5.52 Å². The van der Waals surface area contributed by atoms with Crippen molar-refractivity contribution in [1.29, 1.82) is 0 Å². The molecule has 0 saturated heterocycles. The first-order chi connectivity index (χ1) is 8.38. The lowest BCUT2D eigenvalue weighted by Crippen LogP contribution is -2.02. The topological polar surface area (TPSA) is 54.7 Å². The summed E-state index contributed by atoms with van der Waals surface area (Å²) in [5.74, 6) is 0.688. The summed E-state index contributed by atoms with van der Waals surface area (Å²) in [6, 6.07) is 6.50. The molecule has 0 bridgehead atoms. The summed E-state index contributed by atoms with van der Waals surface area (Å²) in [6.45, 7) is 0.710. The van der Waals surface area contributed by atoms with Crippen LogP contribution in [0.4, 0.5) is 0 Å². The average molecular weight is 229 g/mol. The molecular weight excluding hydrogens is 210 g/mol. The smallest absolute Gasteiger partial charge is 0.0924 e. The van der Waals surface area contributed by atoms with Crippen molar-refractivity contribution in [2.75, 3.05) is 6.54 Å². The summed E-state index contributed by atoms with van der Waals surface area (Å²) in [5.41, 5.74) is 9.37. The molecule has 0 unspecified atom stereocenters. The zero-order valence-electron chi connectivity index (χ0n) is 10.1. The minimum atomic E-state index is 0.688. The summed E-state index contributed by atoms with van der Waals surface area (Å²) in [6.07, 6.45) is 6.27. The van der Waals surface area contributed by atoms with Gasteiger partial charge in [-0.3, -0.25) is 5.10 Å². The van der Waals surface area contributed by atoms with Crippen LogP contribution < -0.4 is 5.73 Å². The van der Waals surface area contributed by atoms with Gasteiger partial charge in [0, 0.05) is 17.0 Å². The molecule has 90 valence electrons. The van der Waals surface area contributed by atoms with Crippen LogP contribution in [0.25, 0.3) is 10.9 Å². The zero-order chi connectivity index (χ0) is 11.7. The van der Waals surface area contributed by atoms with Crippen LogP contribution in [0.2, 0.25) is 0 Å². The summed E-state index contributed by atoms with van der Waals surface area (Å²) >= 11 is 0. The summed E-state index contributed by atoms with van der Waals surface area (Å²) in [5, 5.41) is 8.96. The predicted octanol–water partition coefficient (Wildman–Crippen LogP) is 2.72. The fourth-order valence-corrected chi connectivity index (χ4v) is 2.92. The molecule has 3 rings (SSSR count). The van der Waals surface area contributed by atoms with Crippen molar-refractivity contribution in [2.45, 2.75) is 38.0 Å². The van der Waals surface area contributed by atoms with E-state index in [0.717, 1.165) is 11.9 Å². The monoisotopic (exact) mass is 229 g/mol. The molecule has 1 fully saturated rings. The van der Waals surface area contributed by atoms with Gasteiger partial charge in [-0.15, -0.1) is 0 Å². The Bertz CT molecular complexity index is 509. The second-order valence-corrected chi connectivity index (χ2v) is 5.01. The van der Waals surface area contributed by atoms with Crippen molar-refractivity contribution in [3.8, 4) is 0 Å². The van der Waals surface area contributed by atoms with Crippen LogP contribution in [0.1, 0.15) is 42.9 Å². The number of nitrogens with zero attached hydrogens (tertiary/aromatic N) is 1. The van der Waals surface area contributed by atoms with Crippen LogP contribution in [-0.4, -0.2) is 16.7 Å². The van der Waals surface area contributed by atoms with Crippen LogP contribution in [0.3, 0.4) is 0 Å². The fourth-order valence-electron chi connectivity index (χ4n) is 2.92. The minimum Gasteiger partial charge on any atom is -0.330 e. The molecule has 0 spiro atoms. The van der Waals surface area contributed by atoms with Gasteiger partial charge in [-0.25, -0.2) is 0 Å². The molecule has 1 aliphatic rings. The number of rotatable bonds is 3. The number of nitrogens with one attached hydrogen (secondary N) is 1. The van der Waals surface area contributed by atoms with Gasteiger partial charge in [0.15, 0.2) is 0 Å². The Morgan fingerprint density at radius 3 is 2.88 bits per heavy atom. The largest absolute Gasteiger partial charge is 0.330 e. The van der Waals surface area contributed by atoms with E-state index in [0.29, 0.717) is 12.5 Å². The first kappa shape index (κ1) is 10.8. The lowest BCUT2D eigenvalue weighted by Gasteiger charge is -2.07. The number of benzene rings is 1. The number of fused-ring (bicyclic) bond motifs is 1. The number of hydrogen-bond acceptors (Lipinski definition) is 2. The Balaban J connectivity index is 2.02. The molecule has 0 amide bonds. The summed E-state index contributed by atoms with van der Waals surface area (Å²) < 4.78 is 0. The highest BCUT2D eigenvalue weighted by Crippen LogP contribution is 2.36. The second kappa shape index (κ2) is 4.49. The second-order valence-electron chi connectivity index (χ2n) is 5.01. The van der Waals surface area contributed by atoms with Gasteiger partial charge in [-0.05, 0) is 43.5 Å². The molecule has 1 aromatic heterocycles. The summed E-state index contributed by atoms with van der Waals surface area (Å²) in [7, 11) is 0. The number of aromatic nitrogens is 2. The lowest BCUT2D eigenvalue weighted by molar-refractivity contribution is 0.698. The van der Waals surface area contributed by atoms with Crippen LogP contribution in [0, 0.1) is 0 Å². The van der Waals surface area contributed by atoms with Gasteiger partial charge in [0.2, 0.25) is 0 Å². The molecule has 1 saturated carbocycles. The maximum atomic E-state index is 5.62. The SMILES string of the molecule is NCCc1ccc2n[nH]c(C3CCCC3)c2c1. The van der Waals surface area contributed by atoms with Gasteiger partial charge in [0.1, 0.15) is 0 Å². The van der Waals surface area contributed by atoms with Gasteiger partial charge in [0.25, 0.3) is 0 Å². The van der Waals surface area contributed by atoms with Crippen molar-refractivity contribution in [2.24, 2.45) is 5.73 Å². The van der Waals surface area contributed by atoms with Gasteiger partial charge in [-0.1, -0.05) is 18.9 Å². The van der Waals surface area contributed by atoms with E-state index >= 15 is 0 Å². The first-order valence-corrected chi connectivity index (χ1v) is 6.55. The Morgan fingerprint density at radius 2 is 2.12 bits per heavy atom. The van der Waals surface area contributed by atoms with E-state index in [1.807, 2.05) is 0 Å². The Kier molecular flexibility index (Phi) is 2.85. The van der Waals surface area contributed by atoms with Crippen LogP contribution in [0.15, 0.2) is 18.2 Å². The van der Waals surface area contributed by atoms with E-state index in [-0.39, 0.29) is 0 Å². The number of hydrogen-bond donors (Lipinski definition) is 2. The number of aromatic amines is 1. The third-order valence-corrected chi connectivity index (χ3v) is 3.84. The first-order valence-electron chi connectivity index (χ1n) is 6.55. The molecule has 0 atom stereocenters. The highest BCUT2D eigenvalue weighted by atomic mass is 15.1. The van der Waals surface area contributed by atoms with E-state index in [2.05, 4.69) is 28.4 Å². The molecule has 17 heavy (non-hydrogen) atoms. The predicted molar refractivity (Wildman–Crippen MR) is 70.1 cm³/mol. The molecule has 1 aromatic carbocycles. The molecule has 2 aromatic rings. The zero-order valence-corrected chi connectivity index (χ0v) is 10.1. The standard InChI is InChI=1S/C14H19N3/c15-8-7-10-5-6-13-12(9-10)14(17-16-13)11-3-1-2-4-11/h5-6,9,11H,1-4,7-8,15H2,(H,16,17). The van der Waals surface area contributed by atoms with Crippen molar-refractivity contribution in [3.05, 3.63) is 29.5 Å². The van der Waals surface area contributed by atoms with Crippen molar-refractivity contribution < 1.29 is 0 Å². The highest BCUT2D eigenvalue weighted by molar-refractivity contribution is 5.82. The fraction of sp³-hybridized carbons (Fsp3) is 0.500. The van der Waals surface area contributed by atoms with Gasteiger partial charge >= 0.3 is 0 Å². The highest BCUT2D eigenvalue weighted by Gasteiger charge is 2.21. The maximum Gasteiger partial charge on any atom is 0.0924 e. The third kappa shape index (κ3) is 1.95. The molecule has 1 heterocycles. The van der Waals surface area contributed by atoms with Crippen LogP contribution in [-0.2, 0) is 6.42 Å². The molecule has 0 aliphatic heterocycles. The lowest BCUT2D eigenvalue weighted by atomic mass is 9.99. The normalized spacial score (nSPS) is 17.0. The quantitative estimate of drug-likeness (QED) is 0.850. The van der Waals surface area contributed by atoms with E-state index in [1.54, 1.807) is 0 Å². The van der Waals surface area contributed by atoms with Crippen LogP contribution in [0.5, 0.6) is 0 Å². The molecule has 1 aliphatic carbocycles. The Hall–Kier alpha value is -1.35. The molecule has 0 radical (unpaired) electrons. The van der Waals surface area contributed by atoms with Crippen molar-refractivity contribution in [3.63, 3.8) is 0 Å². The Labute approximate surface area is 101 Å². The van der Waals surface area contributed by atoms with Crippen molar-refractivity contribution in [1.82, 2.24) is 10.2 Å².